The average molecular weight is 282 g/mol. The van der Waals surface area contributed by atoms with Crippen LogP contribution in [0.2, 0.25) is 0 Å². The van der Waals surface area contributed by atoms with Crippen LogP contribution in [-0.2, 0) is 9.84 Å². The van der Waals surface area contributed by atoms with Crippen LogP contribution < -0.4 is 5.32 Å². The lowest BCUT2D eigenvalue weighted by atomic mass is 10.1. The van der Waals surface area contributed by atoms with Gasteiger partial charge in [-0.25, -0.2) is 8.42 Å². The summed E-state index contributed by atoms with van der Waals surface area (Å²) in [6, 6.07) is 10.5. The number of nitrogens with zero attached hydrogens (tertiary/aromatic N) is 1. The summed E-state index contributed by atoms with van der Waals surface area (Å²) in [5, 5.41) is 3.50. The van der Waals surface area contributed by atoms with Crippen LogP contribution in [0.25, 0.3) is 0 Å². The zero-order chi connectivity index (χ0) is 13.9. The standard InChI is InChI=1S/C14H22N2O2S/c1-16(2)10-14(12-6-4-3-5-7-12)15-13-8-9-19(17,18)11-13/h3-7,13-15H,8-11H2,1-2H3. The first-order chi connectivity index (χ1) is 8.96. The summed E-state index contributed by atoms with van der Waals surface area (Å²) < 4.78 is 23.1. The van der Waals surface area contributed by atoms with Gasteiger partial charge >= 0.3 is 0 Å². The van der Waals surface area contributed by atoms with Crippen LogP contribution >= 0.6 is 0 Å². The second-order valence-electron chi connectivity index (χ2n) is 5.49. The van der Waals surface area contributed by atoms with Gasteiger partial charge in [0.25, 0.3) is 0 Å². The van der Waals surface area contributed by atoms with Gasteiger partial charge in [0.15, 0.2) is 9.84 Å². The van der Waals surface area contributed by atoms with Gasteiger partial charge in [-0.2, -0.15) is 0 Å². The fraction of sp³-hybridized carbons (Fsp3) is 0.571. The van der Waals surface area contributed by atoms with Gasteiger partial charge in [-0.15, -0.1) is 0 Å². The topological polar surface area (TPSA) is 49.4 Å². The molecule has 0 saturated carbocycles. The number of likely N-dealkylation sites (N-methyl/N-ethyl adjacent to an activating group) is 1. The maximum Gasteiger partial charge on any atom is 0.151 e. The van der Waals surface area contributed by atoms with E-state index in [9.17, 15) is 8.42 Å². The van der Waals surface area contributed by atoms with Crippen molar-refractivity contribution in [3.8, 4) is 0 Å². The Kier molecular flexibility index (Phi) is 4.60. The lowest BCUT2D eigenvalue weighted by molar-refractivity contribution is 0.325. The normalized spacial score (nSPS) is 23.6. The molecular weight excluding hydrogens is 260 g/mol. The first-order valence-electron chi connectivity index (χ1n) is 6.62. The van der Waals surface area contributed by atoms with Crippen LogP contribution in [0.3, 0.4) is 0 Å². The molecule has 19 heavy (non-hydrogen) atoms. The SMILES string of the molecule is CN(C)CC(NC1CCS(=O)(=O)C1)c1ccccc1. The maximum atomic E-state index is 11.5. The molecule has 1 fully saturated rings. The molecule has 2 unspecified atom stereocenters. The molecular formula is C14H22N2O2S. The van der Waals surface area contributed by atoms with E-state index in [0.717, 1.165) is 13.0 Å². The zero-order valence-electron chi connectivity index (χ0n) is 11.5. The smallest absolute Gasteiger partial charge is 0.151 e. The molecule has 4 nitrogen and oxygen atoms in total. The minimum atomic E-state index is -2.83. The summed E-state index contributed by atoms with van der Waals surface area (Å²) in [7, 11) is 1.23. The van der Waals surface area contributed by atoms with Gasteiger partial charge in [0, 0.05) is 18.6 Å². The first-order valence-corrected chi connectivity index (χ1v) is 8.44. The predicted octanol–water partition coefficient (Wildman–Crippen LogP) is 1.07. The average Bonchev–Trinajstić information content (AvgIpc) is 2.68. The molecule has 1 aliphatic heterocycles. The van der Waals surface area contributed by atoms with Crippen molar-refractivity contribution in [3.63, 3.8) is 0 Å². The van der Waals surface area contributed by atoms with E-state index in [1.54, 1.807) is 0 Å². The Bertz CT molecular complexity index is 499. The summed E-state index contributed by atoms with van der Waals surface area (Å²) in [5.41, 5.74) is 1.21. The van der Waals surface area contributed by atoms with Gasteiger partial charge in [-0.1, -0.05) is 30.3 Å². The highest BCUT2D eigenvalue weighted by molar-refractivity contribution is 7.91. The third-order valence-electron chi connectivity index (χ3n) is 3.42. The molecule has 1 aromatic carbocycles. The summed E-state index contributed by atoms with van der Waals surface area (Å²) in [5.74, 6) is 0.581. The molecule has 5 heteroatoms. The maximum absolute atomic E-state index is 11.5. The number of sulfone groups is 1. The van der Waals surface area contributed by atoms with Crippen molar-refractivity contribution in [1.29, 1.82) is 0 Å². The third kappa shape index (κ3) is 4.30. The van der Waals surface area contributed by atoms with E-state index in [4.69, 9.17) is 0 Å². The van der Waals surface area contributed by atoms with Gasteiger partial charge in [-0.05, 0) is 26.1 Å². The van der Waals surface area contributed by atoms with Gasteiger partial charge in [0.2, 0.25) is 0 Å². The van der Waals surface area contributed by atoms with Crippen molar-refractivity contribution in [2.75, 3.05) is 32.1 Å². The van der Waals surface area contributed by atoms with E-state index in [1.165, 1.54) is 5.56 Å². The monoisotopic (exact) mass is 282 g/mol. The molecule has 1 heterocycles. The number of rotatable bonds is 5. The minimum absolute atomic E-state index is 0.0788. The molecule has 1 aliphatic rings. The Morgan fingerprint density at radius 1 is 1.32 bits per heavy atom. The first kappa shape index (κ1) is 14.5. The molecule has 1 N–H and O–H groups in total. The Hall–Kier alpha value is -0.910. The van der Waals surface area contributed by atoms with Crippen LogP contribution in [0.5, 0.6) is 0 Å². The van der Waals surface area contributed by atoms with Crippen molar-refractivity contribution in [1.82, 2.24) is 10.2 Å². The van der Waals surface area contributed by atoms with Crippen LogP contribution in [-0.4, -0.2) is 51.5 Å². The van der Waals surface area contributed by atoms with Crippen LogP contribution in [0.15, 0.2) is 30.3 Å². The molecule has 0 aliphatic carbocycles. The molecule has 0 bridgehead atoms. The second-order valence-corrected chi connectivity index (χ2v) is 7.72. The highest BCUT2D eigenvalue weighted by Gasteiger charge is 2.29. The molecule has 2 atom stereocenters. The van der Waals surface area contributed by atoms with E-state index >= 15 is 0 Å². The minimum Gasteiger partial charge on any atom is -0.308 e. The molecule has 0 aromatic heterocycles. The van der Waals surface area contributed by atoms with Crippen molar-refractivity contribution in [2.45, 2.75) is 18.5 Å². The molecule has 0 spiro atoms. The highest BCUT2D eigenvalue weighted by Crippen LogP contribution is 2.19. The van der Waals surface area contributed by atoms with Crippen LogP contribution in [0.4, 0.5) is 0 Å². The molecule has 0 amide bonds. The van der Waals surface area contributed by atoms with Crippen molar-refractivity contribution in [2.24, 2.45) is 0 Å². The summed E-state index contributed by atoms with van der Waals surface area (Å²) >= 11 is 0. The lowest BCUT2D eigenvalue weighted by Gasteiger charge is -2.25. The Morgan fingerprint density at radius 3 is 2.53 bits per heavy atom. The van der Waals surface area contributed by atoms with Crippen molar-refractivity contribution < 1.29 is 8.42 Å². The van der Waals surface area contributed by atoms with E-state index in [1.807, 2.05) is 32.3 Å². The Labute approximate surface area is 115 Å². The molecule has 106 valence electrons. The van der Waals surface area contributed by atoms with Crippen molar-refractivity contribution >= 4 is 9.84 Å². The van der Waals surface area contributed by atoms with Gasteiger partial charge < -0.3 is 10.2 Å². The van der Waals surface area contributed by atoms with E-state index in [0.29, 0.717) is 5.75 Å². The van der Waals surface area contributed by atoms with E-state index < -0.39 is 9.84 Å². The zero-order valence-corrected chi connectivity index (χ0v) is 12.4. The summed E-state index contributed by atoms with van der Waals surface area (Å²) in [6.45, 7) is 0.862. The molecule has 1 saturated heterocycles. The fourth-order valence-electron chi connectivity index (χ4n) is 2.52. The number of benzene rings is 1. The summed E-state index contributed by atoms with van der Waals surface area (Å²) in [4.78, 5) is 2.12. The molecule has 1 aromatic rings. The lowest BCUT2D eigenvalue weighted by Crippen LogP contribution is -2.38. The number of hydrogen-bond donors (Lipinski definition) is 1. The van der Waals surface area contributed by atoms with Gasteiger partial charge in [-0.3, -0.25) is 0 Å². The van der Waals surface area contributed by atoms with Crippen LogP contribution in [0.1, 0.15) is 18.0 Å². The Balaban J connectivity index is 2.07. The van der Waals surface area contributed by atoms with E-state index in [2.05, 4.69) is 22.3 Å². The number of hydrogen-bond acceptors (Lipinski definition) is 4. The summed E-state index contributed by atoms with van der Waals surface area (Å²) in [6.07, 6.45) is 0.721. The molecule has 0 radical (unpaired) electrons. The van der Waals surface area contributed by atoms with Gasteiger partial charge in [0.05, 0.1) is 11.5 Å². The van der Waals surface area contributed by atoms with Gasteiger partial charge in [0.1, 0.15) is 0 Å². The highest BCUT2D eigenvalue weighted by atomic mass is 32.2. The number of nitrogens with one attached hydrogen (secondary N) is 1. The van der Waals surface area contributed by atoms with Crippen LogP contribution in [0, 0.1) is 0 Å². The second kappa shape index (κ2) is 6.03. The van der Waals surface area contributed by atoms with Crippen molar-refractivity contribution in [3.05, 3.63) is 35.9 Å². The fourth-order valence-corrected chi connectivity index (χ4v) is 4.20. The Morgan fingerprint density at radius 2 is 2.00 bits per heavy atom. The van der Waals surface area contributed by atoms with E-state index in [-0.39, 0.29) is 17.8 Å². The largest absolute Gasteiger partial charge is 0.308 e. The quantitative estimate of drug-likeness (QED) is 0.877. The third-order valence-corrected chi connectivity index (χ3v) is 5.19. The molecule has 2 rings (SSSR count). The predicted molar refractivity (Wildman–Crippen MR) is 77.9 cm³/mol.